The van der Waals surface area contributed by atoms with Crippen LogP contribution in [-0.4, -0.2) is 18.4 Å². The van der Waals surface area contributed by atoms with Crippen LogP contribution in [0.15, 0.2) is 72.5 Å². The third-order valence-electron chi connectivity index (χ3n) is 4.61. The molecule has 30 heavy (non-hydrogen) atoms. The molecule has 4 rings (SSSR count). The Labute approximate surface area is 174 Å². The highest BCUT2D eigenvalue weighted by molar-refractivity contribution is 6.14. The Hall–Kier alpha value is -3.86. The fraction of sp³-hybridized carbons (Fsp3) is 0.120. The van der Waals surface area contributed by atoms with Crippen LogP contribution in [0.5, 0.6) is 17.2 Å². The lowest BCUT2D eigenvalue weighted by Gasteiger charge is -2.06. The smallest absolute Gasteiger partial charge is 0.343 e. The number of hydrogen-bond acceptors (Lipinski definition) is 5. The zero-order chi connectivity index (χ0) is 21.1. The molecule has 0 saturated carbocycles. The average Bonchev–Trinajstić information content (AvgIpc) is 3.04. The SMILES string of the molecule is CCOc1ccc2c(c1)O/C(=C\c1cccc(OC(=O)c3ccc(C)cc3)c1)C2=O. The van der Waals surface area contributed by atoms with Gasteiger partial charge in [0.2, 0.25) is 5.78 Å². The number of ketones is 1. The van der Waals surface area contributed by atoms with Gasteiger partial charge in [0, 0.05) is 6.07 Å². The van der Waals surface area contributed by atoms with E-state index >= 15 is 0 Å². The summed E-state index contributed by atoms with van der Waals surface area (Å²) in [6.45, 7) is 4.38. The van der Waals surface area contributed by atoms with E-state index < -0.39 is 5.97 Å². The molecule has 0 N–H and O–H groups in total. The van der Waals surface area contributed by atoms with Gasteiger partial charge < -0.3 is 14.2 Å². The second-order valence-corrected chi connectivity index (χ2v) is 6.86. The fourth-order valence-corrected chi connectivity index (χ4v) is 3.10. The van der Waals surface area contributed by atoms with E-state index in [1.54, 1.807) is 54.6 Å². The third-order valence-corrected chi connectivity index (χ3v) is 4.61. The molecule has 0 unspecified atom stereocenters. The lowest BCUT2D eigenvalue weighted by Crippen LogP contribution is -2.08. The largest absolute Gasteiger partial charge is 0.494 e. The molecule has 0 aliphatic carbocycles. The molecule has 0 aromatic heterocycles. The predicted octanol–water partition coefficient (Wildman–Crippen LogP) is 5.23. The van der Waals surface area contributed by atoms with Crippen molar-refractivity contribution in [3.63, 3.8) is 0 Å². The highest BCUT2D eigenvalue weighted by Gasteiger charge is 2.27. The highest BCUT2D eigenvalue weighted by atomic mass is 16.5. The third kappa shape index (κ3) is 4.10. The van der Waals surface area contributed by atoms with E-state index in [1.165, 1.54) is 0 Å². The minimum absolute atomic E-state index is 0.199. The Morgan fingerprint density at radius 3 is 2.57 bits per heavy atom. The molecule has 3 aromatic carbocycles. The minimum Gasteiger partial charge on any atom is -0.494 e. The van der Waals surface area contributed by atoms with Crippen LogP contribution >= 0.6 is 0 Å². The first-order chi connectivity index (χ1) is 14.5. The summed E-state index contributed by atoms with van der Waals surface area (Å²) >= 11 is 0. The van der Waals surface area contributed by atoms with Crippen LogP contribution in [0.1, 0.15) is 38.8 Å². The maximum Gasteiger partial charge on any atom is 0.343 e. The summed E-state index contributed by atoms with van der Waals surface area (Å²) in [5.41, 5.74) is 2.71. The first-order valence-electron chi connectivity index (χ1n) is 9.63. The van der Waals surface area contributed by atoms with Gasteiger partial charge in [-0.05, 0) is 61.9 Å². The summed E-state index contributed by atoms with van der Waals surface area (Å²) in [6, 6.07) is 19.2. The molecule has 0 spiro atoms. The molecule has 0 amide bonds. The molecule has 150 valence electrons. The summed E-state index contributed by atoms with van der Waals surface area (Å²) < 4.78 is 16.7. The van der Waals surface area contributed by atoms with Crippen LogP contribution in [-0.2, 0) is 0 Å². The van der Waals surface area contributed by atoms with Gasteiger partial charge >= 0.3 is 5.97 Å². The standard InChI is InChI=1S/C25H20O5/c1-3-28-19-11-12-21-22(15-19)30-23(24(21)26)14-17-5-4-6-20(13-17)29-25(27)18-9-7-16(2)8-10-18/h4-15H,3H2,1-2H3/b23-14-. The van der Waals surface area contributed by atoms with Gasteiger partial charge in [-0.3, -0.25) is 4.79 Å². The maximum absolute atomic E-state index is 12.6. The monoisotopic (exact) mass is 400 g/mol. The molecule has 0 bridgehead atoms. The highest BCUT2D eigenvalue weighted by Crippen LogP contribution is 2.35. The Morgan fingerprint density at radius 2 is 1.80 bits per heavy atom. The number of carbonyl (C=O) groups is 2. The van der Waals surface area contributed by atoms with Gasteiger partial charge in [-0.2, -0.15) is 0 Å². The lowest BCUT2D eigenvalue weighted by atomic mass is 10.1. The maximum atomic E-state index is 12.6. The molecule has 5 nitrogen and oxygen atoms in total. The van der Waals surface area contributed by atoms with Gasteiger partial charge in [-0.15, -0.1) is 0 Å². The van der Waals surface area contributed by atoms with Gasteiger partial charge in [0.05, 0.1) is 17.7 Å². The molecule has 1 heterocycles. The van der Waals surface area contributed by atoms with Crippen LogP contribution < -0.4 is 14.2 Å². The summed E-state index contributed by atoms with van der Waals surface area (Å²) in [4.78, 5) is 25.0. The molecular formula is C25H20O5. The number of carbonyl (C=O) groups excluding carboxylic acids is 2. The minimum atomic E-state index is -0.441. The van der Waals surface area contributed by atoms with Gasteiger partial charge in [0.15, 0.2) is 5.76 Å². The second kappa shape index (κ2) is 8.25. The van der Waals surface area contributed by atoms with E-state index in [1.807, 2.05) is 32.0 Å². The van der Waals surface area contributed by atoms with Crippen LogP contribution in [0.2, 0.25) is 0 Å². The Morgan fingerprint density at radius 1 is 1.00 bits per heavy atom. The average molecular weight is 400 g/mol. The van der Waals surface area contributed by atoms with Crippen molar-refractivity contribution in [1.82, 2.24) is 0 Å². The number of allylic oxidation sites excluding steroid dienone is 1. The van der Waals surface area contributed by atoms with Crippen LogP contribution in [0, 0.1) is 6.92 Å². The Bertz CT molecular complexity index is 1140. The van der Waals surface area contributed by atoms with Crippen LogP contribution in [0.4, 0.5) is 0 Å². The zero-order valence-electron chi connectivity index (χ0n) is 16.7. The molecule has 5 heteroatoms. The molecule has 3 aromatic rings. The molecule has 0 atom stereocenters. The molecule has 0 saturated heterocycles. The van der Waals surface area contributed by atoms with Gasteiger partial charge in [-0.1, -0.05) is 29.8 Å². The zero-order valence-corrected chi connectivity index (χ0v) is 16.7. The van der Waals surface area contributed by atoms with E-state index in [9.17, 15) is 9.59 Å². The molecule has 0 fully saturated rings. The second-order valence-electron chi connectivity index (χ2n) is 6.86. The van der Waals surface area contributed by atoms with E-state index in [0.717, 1.165) is 5.56 Å². The molecule has 1 aliphatic rings. The lowest BCUT2D eigenvalue weighted by molar-refractivity contribution is 0.0734. The van der Waals surface area contributed by atoms with Crippen molar-refractivity contribution < 1.29 is 23.8 Å². The fourth-order valence-electron chi connectivity index (χ4n) is 3.10. The number of hydrogen-bond donors (Lipinski definition) is 0. The summed E-state index contributed by atoms with van der Waals surface area (Å²) in [5, 5.41) is 0. The van der Waals surface area contributed by atoms with Crippen LogP contribution in [0.3, 0.4) is 0 Å². The normalized spacial score (nSPS) is 13.7. The van der Waals surface area contributed by atoms with Crippen molar-refractivity contribution in [2.24, 2.45) is 0 Å². The van der Waals surface area contributed by atoms with Crippen molar-refractivity contribution >= 4 is 17.8 Å². The van der Waals surface area contributed by atoms with Crippen molar-refractivity contribution in [2.75, 3.05) is 6.61 Å². The van der Waals surface area contributed by atoms with Gasteiger partial charge in [0.1, 0.15) is 17.2 Å². The quantitative estimate of drug-likeness (QED) is 0.333. The summed E-state index contributed by atoms with van der Waals surface area (Å²) in [5.74, 6) is 1.07. The first-order valence-corrected chi connectivity index (χ1v) is 9.63. The number of esters is 1. The topological polar surface area (TPSA) is 61.8 Å². The molecule has 1 aliphatic heterocycles. The van der Waals surface area contributed by atoms with Crippen molar-refractivity contribution in [1.29, 1.82) is 0 Å². The summed E-state index contributed by atoms with van der Waals surface area (Å²) in [7, 11) is 0. The Balaban J connectivity index is 1.52. The van der Waals surface area contributed by atoms with Gasteiger partial charge in [-0.25, -0.2) is 4.79 Å². The van der Waals surface area contributed by atoms with Crippen molar-refractivity contribution in [3.05, 3.63) is 94.7 Å². The van der Waals surface area contributed by atoms with E-state index in [-0.39, 0.29) is 11.5 Å². The summed E-state index contributed by atoms with van der Waals surface area (Å²) in [6.07, 6.45) is 1.63. The van der Waals surface area contributed by atoms with Crippen LogP contribution in [0.25, 0.3) is 6.08 Å². The van der Waals surface area contributed by atoms with E-state index in [2.05, 4.69) is 0 Å². The molecule has 0 radical (unpaired) electrons. The van der Waals surface area contributed by atoms with E-state index in [0.29, 0.717) is 40.5 Å². The first kappa shape index (κ1) is 19.5. The molecular weight excluding hydrogens is 380 g/mol. The predicted molar refractivity (Wildman–Crippen MR) is 113 cm³/mol. The number of fused-ring (bicyclic) bond motifs is 1. The number of benzene rings is 3. The van der Waals surface area contributed by atoms with E-state index in [4.69, 9.17) is 14.2 Å². The number of Topliss-reactive ketones (excluding diaryl/α,β-unsaturated/α-hetero) is 1. The Kier molecular flexibility index (Phi) is 5.35. The van der Waals surface area contributed by atoms with Crippen molar-refractivity contribution in [2.45, 2.75) is 13.8 Å². The van der Waals surface area contributed by atoms with Gasteiger partial charge in [0.25, 0.3) is 0 Å². The number of rotatable bonds is 5. The number of aryl methyl sites for hydroxylation is 1. The number of ether oxygens (including phenoxy) is 3. The van der Waals surface area contributed by atoms with Crippen molar-refractivity contribution in [3.8, 4) is 17.2 Å².